The van der Waals surface area contributed by atoms with Crippen molar-refractivity contribution in [3.63, 3.8) is 0 Å². The summed E-state index contributed by atoms with van der Waals surface area (Å²) in [6.07, 6.45) is 3.74. The van der Waals surface area contributed by atoms with E-state index in [9.17, 15) is 13.2 Å². The van der Waals surface area contributed by atoms with E-state index in [2.05, 4.69) is 5.32 Å². The Balaban J connectivity index is 2.09. The zero-order chi connectivity index (χ0) is 12.4. The Morgan fingerprint density at radius 3 is 2.35 bits per heavy atom. The summed E-state index contributed by atoms with van der Waals surface area (Å²) in [5, 5.41) is 2.82. The largest absolute Gasteiger partial charge is 0.381 e. The second-order valence-electron chi connectivity index (χ2n) is 3.79. The first kappa shape index (κ1) is 11.6. The number of aromatic nitrogens is 1. The third kappa shape index (κ3) is 2.61. The van der Waals surface area contributed by atoms with Crippen molar-refractivity contribution in [2.75, 3.05) is 5.32 Å². The average molecular weight is 240 g/mol. The van der Waals surface area contributed by atoms with Gasteiger partial charge in [-0.05, 0) is 11.6 Å². The molecular formula is C12H11F3N2. The van der Waals surface area contributed by atoms with E-state index in [1.54, 1.807) is 0 Å². The van der Waals surface area contributed by atoms with Crippen LogP contribution in [0, 0.1) is 17.5 Å². The van der Waals surface area contributed by atoms with E-state index in [0.717, 1.165) is 17.7 Å². The lowest BCUT2D eigenvalue weighted by Gasteiger charge is -2.06. The van der Waals surface area contributed by atoms with Crippen LogP contribution < -0.4 is 5.32 Å². The van der Waals surface area contributed by atoms with Crippen LogP contribution in [0.5, 0.6) is 0 Å². The Labute approximate surface area is 96.7 Å². The first-order chi connectivity index (χ1) is 8.06. The Kier molecular flexibility index (Phi) is 3.08. The molecule has 1 aromatic carbocycles. The molecule has 0 spiro atoms. The molecule has 17 heavy (non-hydrogen) atoms. The van der Waals surface area contributed by atoms with Crippen LogP contribution >= 0.6 is 0 Å². The Hall–Kier alpha value is -1.91. The Morgan fingerprint density at radius 1 is 1.18 bits per heavy atom. The van der Waals surface area contributed by atoms with E-state index in [1.165, 1.54) is 0 Å². The molecule has 2 nitrogen and oxygen atoms in total. The highest BCUT2D eigenvalue weighted by Gasteiger charge is 2.10. The van der Waals surface area contributed by atoms with E-state index in [1.807, 2.05) is 30.1 Å². The van der Waals surface area contributed by atoms with Crippen LogP contribution in [-0.4, -0.2) is 4.57 Å². The minimum atomic E-state index is -1.45. The molecule has 2 aromatic rings. The third-order valence-corrected chi connectivity index (χ3v) is 2.37. The molecule has 0 saturated heterocycles. The van der Waals surface area contributed by atoms with Gasteiger partial charge in [0, 0.05) is 43.8 Å². The Morgan fingerprint density at radius 2 is 1.82 bits per heavy atom. The molecular weight excluding hydrogens is 229 g/mol. The number of nitrogens with one attached hydrogen (secondary N) is 1. The van der Waals surface area contributed by atoms with Gasteiger partial charge in [0.25, 0.3) is 0 Å². The molecule has 90 valence electrons. The smallest absolute Gasteiger partial charge is 0.194 e. The van der Waals surface area contributed by atoms with Crippen molar-refractivity contribution in [3.8, 4) is 0 Å². The topological polar surface area (TPSA) is 17.0 Å². The first-order valence-corrected chi connectivity index (χ1v) is 5.05. The zero-order valence-electron chi connectivity index (χ0n) is 9.17. The fourth-order valence-corrected chi connectivity index (χ4v) is 1.53. The van der Waals surface area contributed by atoms with Gasteiger partial charge in [0.2, 0.25) is 0 Å². The van der Waals surface area contributed by atoms with Crippen LogP contribution in [0.4, 0.5) is 18.9 Å². The molecule has 0 atom stereocenters. The quantitative estimate of drug-likeness (QED) is 0.816. The van der Waals surface area contributed by atoms with Gasteiger partial charge in [-0.1, -0.05) is 0 Å². The van der Waals surface area contributed by atoms with E-state index < -0.39 is 17.5 Å². The number of hydrogen-bond donors (Lipinski definition) is 1. The standard InChI is InChI=1S/C12H11F3N2/c1-17-3-2-8(7-17)6-16-9-4-10(13)12(15)11(14)5-9/h2-5,7,16H,6H2,1H3. The van der Waals surface area contributed by atoms with Crippen molar-refractivity contribution >= 4 is 5.69 Å². The van der Waals surface area contributed by atoms with Crippen LogP contribution in [0.2, 0.25) is 0 Å². The van der Waals surface area contributed by atoms with Crippen molar-refractivity contribution in [1.29, 1.82) is 0 Å². The summed E-state index contributed by atoms with van der Waals surface area (Å²) in [7, 11) is 1.88. The van der Waals surface area contributed by atoms with Crippen LogP contribution in [0.15, 0.2) is 30.6 Å². The third-order valence-electron chi connectivity index (χ3n) is 2.37. The van der Waals surface area contributed by atoms with Crippen LogP contribution in [0.25, 0.3) is 0 Å². The number of hydrogen-bond acceptors (Lipinski definition) is 1. The molecule has 0 amide bonds. The van der Waals surface area contributed by atoms with Gasteiger partial charge >= 0.3 is 0 Å². The van der Waals surface area contributed by atoms with E-state index in [-0.39, 0.29) is 5.69 Å². The van der Waals surface area contributed by atoms with Gasteiger partial charge in [0.1, 0.15) is 0 Å². The Bertz CT molecular complexity index is 511. The normalized spacial score (nSPS) is 10.6. The molecule has 0 radical (unpaired) electrons. The molecule has 0 aliphatic rings. The predicted molar refractivity (Wildman–Crippen MR) is 59.1 cm³/mol. The fraction of sp³-hybridized carbons (Fsp3) is 0.167. The highest BCUT2D eigenvalue weighted by molar-refractivity contribution is 5.44. The minimum Gasteiger partial charge on any atom is -0.381 e. The van der Waals surface area contributed by atoms with Crippen LogP contribution in [-0.2, 0) is 13.6 Å². The van der Waals surface area contributed by atoms with Gasteiger partial charge < -0.3 is 9.88 Å². The summed E-state index contributed by atoms with van der Waals surface area (Å²) >= 11 is 0. The van der Waals surface area contributed by atoms with Crippen molar-refractivity contribution < 1.29 is 13.2 Å². The molecule has 0 aliphatic carbocycles. The lowest BCUT2D eigenvalue weighted by Crippen LogP contribution is -2.01. The SMILES string of the molecule is Cn1ccc(CNc2cc(F)c(F)c(F)c2)c1. The van der Waals surface area contributed by atoms with Crippen molar-refractivity contribution in [3.05, 3.63) is 53.6 Å². The van der Waals surface area contributed by atoms with Gasteiger partial charge in [-0.2, -0.15) is 0 Å². The second-order valence-corrected chi connectivity index (χ2v) is 3.79. The fourth-order valence-electron chi connectivity index (χ4n) is 1.53. The number of aryl methyl sites for hydroxylation is 1. The minimum absolute atomic E-state index is 0.213. The van der Waals surface area contributed by atoms with Crippen molar-refractivity contribution in [1.82, 2.24) is 4.57 Å². The van der Waals surface area contributed by atoms with E-state index >= 15 is 0 Å². The second kappa shape index (κ2) is 4.53. The molecule has 0 saturated carbocycles. The van der Waals surface area contributed by atoms with Gasteiger partial charge in [-0.15, -0.1) is 0 Å². The average Bonchev–Trinajstić information content (AvgIpc) is 2.69. The van der Waals surface area contributed by atoms with Gasteiger partial charge in [-0.3, -0.25) is 0 Å². The highest BCUT2D eigenvalue weighted by Crippen LogP contribution is 2.18. The number of halogens is 3. The maximum Gasteiger partial charge on any atom is 0.194 e. The van der Waals surface area contributed by atoms with Crippen LogP contribution in [0.1, 0.15) is 5.56 Å². The molecule has 0 bridgehead atoms. The number of benzene rings is 1. The van der Waals surface area contributed by atoms with Crippen LogP contribution in [0.3, 0.4) is 0 Å². The van der Waals surface area contributed by atoms with E-state index in [0.29, 0.717) is 6.54 Å². The maximum atomic E-state index is 12.9. The zero-order valence-corrected chi connectivity index (χ0v) is 9.17. The summed E-state index contributed by atoms with van der Waals surface area (Å²) in [6.45, 7) is 0.422. The monoisotopic (exact) mass is 240 g/mol. The summed E-state index contributed by atoms with van der Waals surface area (Å²) in [6, 6.07) is 3.74. The molecule has 5 heteroatoms. The predicted octanol–water partition coefficient (Wildman–Crippen LogP) is 3.05. The molecule has 0 unspecified atom stereocenters. The number of nitrogens with zero attached hydrogens (tertiary/aromatic N) is 1. The molecule has 1 heterocycles. The molecule has 2 rings (SSSR count). The molecule has 1 N–H and O–H groups in total. The molecule has 0 aliphatic heterocycles. The van der Waals surface area contributed by atoms with Crippen molar-refractivity contribution in [2.45, 2.75) is 6.54 Å². The lowest BCUT2D eigenvalue weighted by molar-refractivity contribution is 0.447. The van der Waals surface area contributed by atoms with Gasteiger partial charge in [-0.25, -0.2) is 13.2 Å². The van der Waals surface area contributed by atoms with Gasteiger partial charge in [0.05, 0.1) is 0 Å². The number of anilines is 1. The summed E-state index contributed by atoms with van der Waals surface area (Å²) in [5.41, 5.74) is 1.18. The highest BCUT2D eigenvalue weighted by atomic mass is 19.2. The molecule has 0 fully saturated rings. The summed E-state index contributed by atoms with van der Waals surface area (Å²) in [4.78, 5) is 0. The number of rotatable bonds is 3. The lowest BCUT2D eigenvalue weighted by atomic mass is 10.2. The van der Waals surface area contributed by atoms with Crippen molar-refractivity contribution in [2.24, 2.45) is 7.05 Å². The van der Waals surface area contributed by atoms with Gasteiger partial charge in [0.15, 0.2) is 17.5 Å². The first-order valence-electron chi connectivity index (χ1n) is 5.05. The van der Waals surface area contributed by atoms with E-state index in [4.69, 9.17) is 0 Å². The summed E-state index contributed by atoms with van der Waals surface area (Å²) in [5.74, 6) is -3.84. The molecule has 1 aromatic heterocycles. The maximum absolute atomic E-state index is 12.9. The summed E-state index contributed by atoms with van der Waals surface area (Å²) < 4.78 is 40.4.